The highest BCUT2D eigenvalue weighted by atomic mass is 16.4. The predicted octanol–water partition coefficient (Wildman–Crippen LogP) is -1.48. The molecule has 17 nitrogen and oxygen atoms in total. The van der Waals surface area contributed by atoms with E-state index in [9.17, 15) is 39.0 Å². The van der Waals surface area contributed by atoms with Crippen LogP contribution in [0.3, 0.4) is 0 Å². The smallest absolute Gasteiger partial charge is 0.326 e. The minimum atomic E-state index is -1.45. The van der Waals surface area contributed by atoms with Crippen molar-refractivity contribution in [1.82, 2.24) is 21.3 Å². The lowest BCUT2D eigenvalue weighted by Gasteiger charge is -2.28. The fourth-order valence-electron chi connectivity index (χ4n) is 4.40. The van der Waals surface area contributed by atoms with Gasteiger partial charge in [-0.15, -0.1) is 0 Å². The SMILES string of the molecule is CC[C@H](C)[C@H](NC(=O)[C@H](Cc1ccc(O)cc1)NC(=O)[C@@H](NC(=O)[C@H](CCCN=C(N)N)NC(=O)[C@@H](N)CC(=O)O)C(C)C)C(=O)O. The minimum absolute atomic E-state index is 0.00134. The molecule has 0 saturated carbocycles. The summed E-state index contributed by atoms with van der Waals surface area (Å²) in [6, 6.07) is -0.577. The number of amides is 4. The molecule has 17 heteroatoms. The maximum atomic E-state index is 13.6. The van der Waals surface area contributed by atoms with E-state index in [1.165, 1.54) is 24.3 Å². The van der Waals surface area contributed by atoms with Gasteiger partial charge in [-0.25, -0.2) is 4.79 Å². The number of carbonyl (C=O) groups excluding carboxylic acids is 4. The van der Waals surface area contributed by atoms with Crippen molar-refractivity contribution in [1.29, 1.82) is 0 Å². The number of hydrogen-bond acceptors (Lipinski definition) is 9. The first-order valence-corrected chi connectivity index (χ1v) is 15.2. The average molecular weight is 665 g/mol. The Morgan fingerprint density at radius 1 is 0.809 bits per heavy atom. The van der Waals surface area contributed by atoms with Gasteiger partial charge in [0.05, 0.1) is 12.5 Å². The second-order valence-electron chi connectivity index (χ2n) is 11.6. The van der Waals surface area contributed by atoms with Crippen LogP contribution in [0.5, 0.6) is 5.75 Å². The molecule has 0 aliphatic heterocycles. The number of phenolic OH excluding ortho intramolecular Hbond substituents is 1. The summed E-state index contributed by atoms with van der Waals surface area (Å²) in [4.78, 5) is 79.8. The van der Waals surface area contributed by atoms with Gasteiger partial charge in [0.2, 0.25) is 23.6 Å². The van der Waals surface area contributed by atoms with Crippen molar-refractivity contribution in [3.8, 4) is 5.75 Å². The number of nitrogens with two attached hydrogens (primary N) is 3. The molecule has 0 unspecified atom stereocenters. The molecule has 0 saturated heterocycles. The molecular formula is C30H48N8O9. The lowest BCUT2D eigenvalue weighted by Crippen LogP contribution is -2.60. The van der Waals surface area contributed by atoms with Gasteiger partial charge in [0.1, 0.15) is 29.9 Å². The van der Waals surface area contributed by atoms with E-state index in [-0.39, 0.29) is 37.5 Å². The van der Waals surface area contributed by atoms with Crippen LogP contribution in [-0.2, 0) is 35.2 Å². The maximum absolute atomic E-state index is 13.6. The number of nitrogens with one attached hydrogen (secondary N) is 4. The Balaban J connectivity index is 3.28. The number of nitrogens with zero attached hydrogens (tertiary/aromatic N) is 1. The summed E-state index contributed by atoms with van der Waals surface area (Å²) in [5.41, 5.74) is 16.9. The Morgan fingerprint density at radius 3 is 1.87 bits per heavy atom. The molecule has 1 aromatic carbocycles. The molecule has 1 aromatic rings. The first kappa shape index (κ1) is 40.1. The number of carbonyl (C=O) groups is 6. The van der Waals surface area contributed by atoms with Crippen molar-refractivity contribution in [2.45, 2.75) is 90.0 Å². The molecule has 47 heavy (non-hydrogen) atoms. The van der Waals surface area contributed by atoms with Gasteiger partial charge in [0.25, 0.3) is 0 Å². The first-order chi connectivity index (χ1) is 22.0. The highest BCUT2D eigenvalue weighted by Crippen LogP contribution is 2.14. The van der Waals surface area contributed by atoms with E-state index in [2.05, 4.69) is 26.3 Å². The predicted molar refractivity (Wildman–Crippen MR) is 172 cm³/mol. The largest absolute Gasteiger partial charge is 0.508 e. The van der Waals surface area contributed by atoms with Crippen LogP contribution < -0.4 is 38.5 Å². The highest BCUT2D eigenvalue weighted by Gasteiger charge is 2.34. The van der Waals surface area contributed by atoms with Crippen LogP contribution in [0.2, 0.25) is 0 Å². The number of aliphatic imine (C=N–C) groups is 1. The standard InChI is InChI=1S/C30H48N8O9/c1-5-16(4)24(29(46)47)38-27(44)21(13-17-8-10-18(39)11-9-17)36-28(45)23(15(2)3)37-26(43)20(7-6-12-34-30(32)33)35-25(42)19(31)14-22(40)41/h8-11,15-16,19-21,23-24,39H,5-7,12-14,31H2,1-4H3,(H,35,42)(H,36,45)(H,37,43)(H,38,44)(H,40,41)(H,46,47)(H4,32,33,34)/t16-,19-,20-,21-,23-,24-/m0/s1. The Labute approximate surface area is 273 Å². The topological polar surface area (TPSA) is 302 Å². The van der Waals surface area contributed by atoms with E-state index in [1.807, 2.05) is 0 Å². The van der Waals surface area contributed by atoms with E-state index in [4.69, 9.17) is 22.3 Å². The molecule has 6 atom stereocenters. The summed E-state index contributed by atoms with van der Waals surface area (Å²) in [6.07, 6.45) is -0.0835. The Hall–Kier alpha value is -4.93. The molecule has 0 bridgehead atoms. The van der Waals surface area contributed by atoms with Gasteiger partial charge in [0, 0.05) is 13.0 Å². The second-order valence-corrected chi connectivity index (χ2v) is 11.6. The van der Waals surface area contributed by atoms with E-state index in [0.717, 1.165) is 0 Å². The average Bonchev–Trinajstić information content (AvgIpc) is 2.99. The number of phenols is 1. The lowest BCUT2D eigenvalue weighted by molar-refractivity contribution is -0.144. The van der Waals surface area contributed by atoms with Crippen molar-refractivity contribution < 1.29 is 44.1 Å². The number of hydrogen-bond donors (Lipinski definition) is 10. The first-order valence-electron chi connectivity index (χ1n) is 15.2. The van der Waals surface area contributed by atoms with E-state index < -0.39 is 84.0 Å². The number of aromatic hydroxyl groups is 1. The van der Waals surface area contributed by atoms with Gasteiger partial charge < -0.3 is 53.8 Å². The monoisotopic (exact) mass is 664 g/mol. The van der Waals surface area contributed by atoms with Crippen molar-refractivity contribution >= 4 is 41.5 Å². The normalized spacial score (nSPS) is 14.8. The highest BCUT2D eigenvalue weighted by molar-refractivity contribution is 5.96. The number of aliphatic carboxylic acids is 2. The van der Waals surface area contributed by atoms with E-state index >= 15 is 0 Å². The zero-order chi connectivity index (χ0) is 35.8. The Morgan fingerprint density at radius 2 is 1.36 bits per heavy atom. The fraction of sp³-hybridized carbons (Fsp3) is 0.567. The Kier molecular flexibility index (Phi) is 16.7. The maximum Gasteiger partial charge on any atom is 0.326 e. The van der Waals surface area contributed by atoms with Crippen LogP contribution in [0.4, 0.5) is 0 Å². The molecule has 0 aromatic heterocycles. The molecule has 1 rings (SSSR count). The third-order valence-corrected chi connectivity index (χ3v) is 7.34. The van der Waals surface area contributed by atoms with E-state index in [0.29, 0.717) is 12.0 Å². The number of guanidine groups is 1. The van der Waals surface area contributed by atoms with Gasteiger partial charge in [-0.2, -0.15) is 0 Å². The molecule has 4 amide bonds. The summed E-state index contributed by atoms with van der Waals surface area (Å²) < 4.78 is 0. The van der Waals surface area contributed by atoms with Crippen LogP contribution >= 0.6 is 0 Å². The van der Waals surface area contributed by atoms with Crippen molar-refractivity contribution in [3.05, 3.63) is 29.8 Å². The molecule has 0 aliphatic carbocycles. The second kappa shape index (κ2) is 19.6. The minimum Gasteiger partial charge on any atom is -0.508 e. The van der Waals surface area contributed by atoms with Crippen LogP contribution in [-0.4, -0.2) is 93.6 Å². The summed E-state index contributed by atoms with van der Waals surface area (Å²) >= 11 is 0. The number of rotatable bonds is 20. The molecule has 0 spiro atoms. The molecule has 13 N–H and O–H groups in total. The van der Waals surface area contributed by atoms with Gasteiger partial charge in [-0.1, -0.05) is 46.2 Å². The van der Waals surface area contributed by atoms with Gasteiger partial charge >= 0.3 is 11.9 Å². The third-order valence-electron chi connectivity index (χ3n) is 7.34. The molecule has 0 fully saturated rings. The van der Waals surface area contributed by atoms with Crippen molar-refractivity contribution in [3.63, 3.8) is 0 Å². The number of carboxylic acid groups (broad SMARTS) is 2. The fourth-order valence-corrected chi connectivity index (χ4v) is 4.40. The molecule has 0 heterocycles. The Bertz CT molecular complexity index is 1270. The lowest BCUT2D eigenvalue weighted by atomic mass is 9.97. The third kappa shape index (κ3) is 14.4. The number of carboxylic acids is 2. The van der Waals surface area contributed by atoms with Gasteiger partial charge in [-0.05, 0) is 42.4 Å². The van der Waals surface area contributed by atoms with Gasteiger partial charge in [0.15, 0.2) is 5.96 Å². The van der Waals surface area contributed by atoms with Crippen molar-refractivity contribution in [2.24, 2.45) is 34.0 Å². The zero-order valence-electron chi connectivity index (χ0n) is 27.1. The van der Waals surface area contributed by atoms with Crippen molar-refractivity contribution in [2.75, 3.05) is 6.54 Å². The van der Waals surface area contributed by atoms with Gasteiger partial charge in [-0.3, -0.25) is 29.0 Å². The van der Waals surface area contributed by atoms with Crippen LogP contribution in [0.25, 0.3) is 0 Å². The molecule has 262 valence electrons. The summed E-state index contributed by atoms with van der Waals surface area (Å²) in [5, 5.41) is 38.5. The summed E-state index contributed by atoms with van der Waals surface area (Å²) in [5.74, 6) is -6.95. The summed E-state index contributed by atoms with van der Waals surface area (Å²) in [7, 11) is 0. The van der Waals surface area contributed by atoms with Crippen LogP contribution in [0, 0.1) is 11.8 Å². The van der Waals surface area contributed by atoms with Crippen LogP contribution in [0.15, 0.2) is 29.3 Å². The zero-order valence-corrected chi connectivity index (χ0v) is 27.1. The molecule has 0 aliphatic rings. The number of benzene rings is 1. The molecular weight excluding hydrogens is 616 g/mol. The summed E-state index contributed by atoms with van der Waals surface area (Å²) in [6.45, 7) is 6.82. The van der Waals surface area contributed by atoms with Crippen LogP contribution in [0.1, 0.15) is 58.9 Å². The van der Waals surface area contributed by atoms with E-state index in [1.54, 1.807) is 27.7 Å². The quantitative estimate of drug-likeness (QED) is 0.0433. The molecule has 0 radical (unpaired) electrons.